The molecule has 2 unspecified atom stereocenters. The summed E-state index contributed by atoms with van der Waals surface area (Å²) >= 11 is 4.86. The van der Waals surface area contributed by atoms with Crippen LogP contribution in [0, 0.1) is 5.92 Å². The highest BCUT2D eigenvalue weighted by molar-refractivity contribution is 7.89. The zero-order chi connectivity index (χ0) is 13.1. The summed E-state index contributed by atoms with van der Waals surface area (Å²) in [7, 11) is -3.40. The van der Waals surface area contributed by atoms with Crippen molar-refractivity contribution >= 4 is 27.2 Å². The predicted octanol–water partition coefficient (Wildman–Crippen LogP) is 0.396. The summed E-state index contributed by atoms with van der Waals surface area (Å²) in [6.07, 6.45) is 1.51. The highest BCUT2D eigenvalue weighted by Crippen LogP contribution is 2.14. The lowest BCUT2D eigenvalue weighted by molar-refractivity contribution is 0.127. The maximum absolute atomic E-state index is 11.9. The highest BCUT2D eigenvalue weighted by atomic mass is 32.2. The molecule has 0 saturated carbocycles. The average Bonchev–Trinajstić information content (AvgIpc) is 2.65. The topological polar surface area (TPSA) is 81.4 Å². The number of ether oxygens (including phenoxy) is 1. The van der Waals surface area contributed by atoms with E-state index in [0.29, 0.717) is 6.61 Å². The Hall–Kier alpha value is -0.240. The Morgan fingerprint density at radius 3 is 2.65 bits per heavy atom. The van der Waals surface area contributed by atoms with Crippen LogP contribution < -0.4 is 10.5 Å². The van der Waals surface area contributed by atoms with E-state index in [1.54, 1.807) is 0 Å². The molecule has 0 amide bonds. The van der Waals surface area contributed by atoms with Crippen LogP contribution in [-0.2, 0) is 14.8 Å². The Kier molecular flexibility index (Phi) is 5.30. The molecule has 0 aliphatic carbocycles. The third-order valence-corrected chi connectivity index (χ3v) is 4.39. The molecule has 2 atom stereocenters. The van der Waals surface area contributed by atoms with Crippen LogP contribution in [0.4, 0.5) is 0 Å². The van der Waals surface area contributed by atoms with Crippen LogP contribution in [0.5, 0.6) is 0 Å². The lowest BCUT2D eigenvalue weighted by atomic mass is 10.1. The summed E-state index contributed by atoms with van der Waals surface area (Å²) in [6, 6.07) is -0.489. The third-order valence-electron chi connectivity index (χ3n) is 2.71. The number of nitrogens with one attached hydrogen (secondary N) is 1. The van der Waals surface area contributed by atoms with Gasteiger partial charge in [-0.2, -0.15) is 0 Å². The molecule has 7 heteroatoms. The van der Waals surface area contributed by atoms with Crippen LogP contribution >= 0.6 is 12.2 Å². The zero-order valence-corrected chi connectivity index (χ0v) is 11.8. The fourth-order valence-corrected chi connectivity index (χ4v) is 3.83. The normalized spacial score (nSPS) is 22.9. The van der Waals surface area contributed by atoms with Gasteiger partial charge in [0, 0.05) is 6.61 Å². The molecular weight excluding hydrogens is 260 g/mol. The van der Waals surface area contributed by atoms with Gasteiger partial charge in [0.1, 0.15) is 0 Å². The Balaban J connectivity index is 2.60. The van der Waals surface area contributed by atoms with E-state index < -0.39 is 16.1 Å². The molecule has 1 aliphatic rings. The van der Waals surface area contributed by atoms with Crippen LogP contribution in [0.25, 0.3) is 0 Å². The molecule has 1 saturated heterocycles. The zero-order valence-electron chi connectivity index (χ0n) is 10.2. The second kappa shape index (κ2) is 6.08. The van der Waals surface area contributed by atoms with Crippen LogP contribution in [0.15, 0.2) is 0 Å². The molecule has 1 fully saturated rings. The van der Waals surface area contributed by atoms with Crippen molar-refractivity contribution in [3.8, 4) is 0 Å². The van der Waals surface area contributed by atoms with E-state index in [1.165, 1.54) is 0 Å². The quantitative estimate of drug-likeness (QED) is 0.688. The van der Waals surface area contributed by atoms with E-state index in [2.05, 4.69) is 4.72 Å². The summed E-state index contributed by atoms with van der Waals surface area (Å²) in [5.74, 6) is 0.0190. The van der Waals surface area contributed by atoms with Gasteiger partial charge in [-0.05, 0) is 18.8 Å². The van der Waals surface area contributed by atoms with Crippen molar-refractivity contribution in [2.45, 2.75) is 38.8 Å². The van der Waals surface area contributed by atoms with Gasteiger partial charge in [-0.3, -0.25) is 0 Å². The SMILES string of the molecule is CC(C)C(NS(=O)(=O)CC1CCCO1)C(N)=S. The molecule has 100 valence electrons. The molecule has 1 heterocycles. The molecule has 0 radical (unpaired) electrons. The van der Waals surface area contributed by atoms with E-state index in [9.17, 15) is 8.42 Å². The first-order valence-electron chi connectivity index (χ1n) is 5.73. The summed E-state index contributed by atoms with van der Waals surface area (Å²) in [5, 5.41) is 0. The monoisotopic (exact) mass is 280 g/mol. The van der Waals surface area contributed by atoms with Crippen molar-refractivity contribution in [2.75, 3.05) is 12.4 Å². The second-order valence-electron chi connectivity index (χ2n) is 4.66. The van der Waals surface area contributed by atoms with E-state index >= 15 is 0 Å². The Morgan fingerprint density at radius 1 is 1.59 bits per heavy atom. The first kappa shape index (κ1) is 14.8. The number of nitrogens with two attached hydrogens (primary N) is 1. The average molecular weight is 280 g/mol. The van der Waals surface area contributed by atoms with Crippen LogP contribution in [0.1, 0.15) is 26.7 Å². The van der Waals surface area contributed by atoms with Crippen LogP contribution in [0.2, 0.25) is 0 Å². The maximum Gasteiger partial charge on any atom is 0.214 e. The maximum atomic E-state index is 11.9. The molecule has 0 bridgehead atoms. The standard InChI is InChI=1S/C10H20N2O3S2/c1-7(2)9(10(11)16)12-17(13,14)6-8-4-3-5-15-8/h7-9,12H,3-6H2,1-2H3,(H2,11,16). The molecule has 3 N–H and O–H groups in total. The molecule has 5 nitrogen and oxygen atoms in total. The van der Waals surface area contributed by atoms with Crippen molar-refractivity contribution in [3.63, 3.8) is 0 Å². The van der Waals surface area contributed by atoms with Crippen LogP contribution in [-0.4, -0.2) is 37.9 Å². The second-order valence-corrected chi connectivity index (χ2v) is 6.93. The fourth-order valence-electron chi connectivity index (χ4n) is 1.78. The number of thiocarbonyl (C=S) groups is 1. The molecule has 0 aromatic rings. The van der Waals surface area contributed by atoms with Gasteiger partial charge in [0.15, 0.2) is 0 Å². The van der Waals surface area contributed by atoms with Crippen molar-refractivity contribution in [1.82, 2.24) is 4.72 Å². The van der Waals surface area contributed by atoms with Crippen molar-refractivity contribution in [1.29, 1.82) is 0 Å². The smallest absolute Gasteiger partial charge is 0.214 e. The Bertz CT molecular complexity index is 362. The number of sulfonamides is 1. The number of hydrogen-bond acceptors (Lipinski definition) is 4. The minimum atomic E-state index is -3.40. The number of rotatable bonds is 6. The summed E-state index contributed by atoms with van der Waals surface area (Å²) < 4.78 is 31.7. The minimum Gasteiger partial charge on any atom is -0.392 e. The molecule has 0 aromatic heterocycles. The van der Waals surface area contributed by atoms with E-state index in [0.717, 1.165) is 12.8 Å². The summed E-state index contributed by atoms with van der Waals surface area (Å²) in [6.45, 7) is 4.39. The summed E-state index contributed by atoms with van der Waals surface area (Å²) in [4.78, 5) is 0.177. The molecule has 17 heavy (non-hydrogen) atoms. The lowest BCUT2D eigenvalue weighted by Gasteiger charge is -2.21. The molecule has 1 aliphatic heterocycles. The molecular formula is C10H20N2O3S2. The summed E-state index contributed by atoms with van der Waals surface area (Å²) in [5.41, 5.74) is 5.53. The Morgan fingerprint density at radius 2 is 2.24 bits per heavy atom. The van der Waals surface area contributed by atoms with Gasteiger partial charge >= 0.3 is 0 Å². The molecule has 0 spiro atoms. The minimum absolute atomic E-state index is 0.0150. The van der Waals surface area contributed by atoms with Crippen molar-refractivity contribution in [3.05, 3.63) is 0 Å². The lowest BCUT2D eigenvalue weighted by Crippen LogP contribution is -2.48. The predicted molar refractivity (Wildman–Crippen MR) is 71.3 cm³/mol. The van der Waals surface area contributed by atoms with E-state index in [-0.39, 0.29) is 22.8 Å². The van der Waals surface area contributed by atoms with Gasteiger partial charge in [-0.1, -0.05) is 26.1 Å². The first-order chi connectivity index (χ1) is 7.82. The van der Waals surface area contributed by atoms with Gasteiger partial charge < -0.3 is 10.5 Å². The molecule has 1 rings (SSSR count). The largest absolute Gasteiger partial charge is 0.392 e. The fraction of sp³-hybridized carbons (Fsp3) is 0.900. The van der Waals surface area contributed by atoms with Gasteiger partial charge in [-0.15, -0.1) is 0 Å². The Labute approximate surface area is 108 Å². The van der Waals surface area contributed by atoms with Crippen LogP contribution in [0.3, 0.4) is 0 Å². The number of hydrogen-bond donors (Lipinski definition) is 2. The van der Waals surface area contributed by atoms with Gasteiger partial charge in [0.05, 0.1) is 22.9 Å². The van der Waals surface area contributed by atoms with E-state index in [4.69, 9.17) is 22.7 Å². The van der Waals surface area contributed by atoms with E-state index in [1.807, 2.05) is 13.8 Å². The van der Waals surface area contributed by atoms with Gasteiger partial charge in [0.25, 0.3) is 0 Å². The van der Waals surface area contributed by atoms with Crippen molar-refractivity contribution in [2.24, 2.45) is 11.7 Å². The van der Waals surface area contributed by atoms with Gasteiger partial charge in [0.2, 0.25) is 10.0 Å². The molecule has 0 aromatic carbocycles. The van der Waals surface area contributed by atoms with Gasteiger partial charge in [-0.25, -0.2) is 13.1 Å². The third kappa shape index (κ3) is 4.87. The van der Waals surface area contributed by atoms with Crippen molar-refractivity contribution < 1.29 is 13.2 Å². The first-order valence-corrected chi connectivity index (χ1v) is 7.79. The highest BCUT2D eigenvalue weighted by Gasteiger charge is 2.27.